The van der Waals surface area contributed by atoms with Crippen LogP contribution in [-0.4, -0.2) is 33.9 Å². The van der Waals surface area contributed by atoms with Gasteiger partial charge in [-0.15, -0.1) is 10.2 Å². The van der Waals surface area contributed by atoms with E-state index in [1.54, 1.807) is 23.1 Å². The van der Waals surface area contributed by atoms with Crippen molar-refractivity contribution in [3.8, 4) is 0 Å². The van der Waals surface area contributed by atoms with Gasteiger partial charge in [0.1, 0.15) is 0 Å². The predicted molar refractivity (Wildman–Crippen MR) is 89.0 cm³/mol. The summed E-state index contributed by atoms with van der Waals surface area (Å²) in [5.74, 6) is 0.925. The monoisotopic (exact) mass is 328 g/mol. The highest BCUT2D eigenvalue weighted by molar-refractivity contribution is 8.01. The van der Waals surface area contributed by atoms with E-state index in [1.165, 1.54) is 19.3 Å². The number of thioether (sulfide) groups is 1. The topological polar surface area (TPSA) is 66.9 Å². The summed E-state index contributed by atoms with van der Waals surface area (Å²) in [4.78, 5) is 11.9. The van der Waals surface area contributed by atoms with Gasteiger partial charge in [0.05, 0.1) is 0 Å². The molecule has 1 aromatic heterocycles. The van der Waals surface area contributed by atoms with Crippen LogP contribution in [0.25, 0.3) is 0 Å². The molecule has 1 saturated carbocycles. The molecule has 0 bridgehead atoms. The third-order valence-electron chi connectivity index (χ3n) is 3.34. The summed E-state index contributed by atoms with van der Waals surface area (Å²) < 4.78 is 0.920. The Hall–Kier alpha value is -0.820. The van der Waals surface area contributed by atoms with E-state index in [2.05, 4.69) is 34.7 Å². The maximum atomic E-state index is 11.9. The molecule has 7 heteroatoms. The molecule has 1 heterocycles. The van der Waals surface area contributed by atoms with Gasteiger partial charge >= 0.3 is 0 Å². The minimum absolute atomic E-state index is 0.166. The molecule has 21 heavy (non-hydrogen) atoms. The predicted octanol–water partition coefficient (Wildman–Crippen LogP) is 3.29. The van der Waals surface area contributed by atoms with Gasteiger partial charge in [-0.3, -0.25) is 4.79 Å². The molecule has 1 amide bonds. The minimum Gasteiger partial charge on any atom is -0.358 e. The number of aromatic nitrogens is 2. The van der Waals surface area contributed by atoms with Crippen molar-refractivity contribution < 1.29 is 4.79 Å². The lowest BCUT2D eigenvalue weighted by atomic mass is 9.95. The summed E-state index contributed by atoms with van der Waals surface area (Å²) in [5, 5.41) is 15.4. The van der Waals surface area contributed by atoms with Gasteiger partial charge in [-0.1, -0.05) is 42.4 Å². The summed E-state index contributed by atoms with van der Waals surface area (Å²) in [6.45, 7) is 4.15. The third kappa shape index (κ3) is 6.22. The molecular formula is C14H24N4OS2. The number of amides is 1. The van der Waals surface area contributed by atoms with E-state index in [9.17, 15) is 4.79 Å². The Balaban J connectivity index is 1.64. The first-order chi connectivity index (χ1) is 10.1. The number of carbonyl (C=O) groups is 1. The summed E-state index contributed by atoms with van der Waals surface area (Å²) >= 11 is 3.15. The van der Waals surface area contributed by atoms with Crippen LogP contribution in [0.1, 0.15) is 52.4 Å². The van der Waals surface area contributed by atoms with Crippen molar-refractivity contribution in [3.63, 3.8) is 0 Å². The lowest BCUT2D eigenvalue weighted by molar-refractivity contribution is -0.121. The van der Waals surface area contributed by atoms with E-state index < -0.39 is 0 Å². The summed E-state index contributed by atoms with van der Waals surface area (Å²) in [5.41, 5.74) is 0. The van der Waals surface area contributed by atoms with Gasteiger partial charge < -0.3 is 10.6 Å². The van der Waals surface area contributed by atoms with Crippen LogP contribution >= 0.6 is 23.1 Å². The molecule has 1 aromatic rings. The van der Waals surface area contributed by atoms with Crippen LogP contribution in [0.3, 0.4) is 0 Å². The summed E-state index contributed by atoms with van der Waals surface area (Å²) in [6.07, 6.45) is 6.63. The number of rotatable bonds is 7. The Labute approximate surface area is 134 Å². The fraction of sp³-hybridized carbons (Fsp3) is 0.786. The van der Waals surface area contributed by atoms with Crippen LogP contribution in [0, 0.1) is 0 Å². The third-order valence-corrected chi connectivity index (χ3v) is 5.33. The normalized spacial score (nSPS) is 16.1. The molecule has 0 radical (unpaired) electrons. The van der Waals surface area contributed by atoms with Crippen LogP contribution in [0.5, 0.6) is 0 Å². The average molecular weight is 329 g/mol. The number of hydrogen-bond acceptors (Lipinski definition) is 6. The Kier molecular flexibility index (Phi) is 6.76. The SMILES string of the molecule is CC(C)Nc1nnc(SCCC(=O)NC2CCCCC2)s1. The van der Waals surface area contributed by atoms with Crippen LogP contribution in [0.4, 0.5) is 5.13 Å². The quantitative estimate of drug-likeness (QED) is 0.752. The number of nitrogens with zero attached hydrogens (tertiary/aromatic N) is 2. The molecule has 5 nitrogen and oxygen atoms in total. The Morgan fingerprint density at radius 1 is 1.33 bits per heavy atom. The van der Waals surface area contributed by atoms with Crippen molar-refractivity contribution in [1.29, 1.82) is 0 Å². The van der Waals surface area contributed by atoms with Crippen molar-refractivity contribution in [2.45, 2.75) is 68.8 Å². The molecule has 0 unspecified atom stereocenters. The Morgan fingerprint density at radius 2 is 2.10 bits per heavy atom. The van der Waals surface area contributed by atoms with Crippen LogP contribution in [-0.2, 0) is 4.79 Å². The molecule has 0 spiro atoms. The van der Waals surface area contributed by atoms with E-state index in [-0.39, 0.29) is 5.91 Å². The molecule has 2 rings (SSSR count). The van der Waals surface area contributed by atoms with Crippen LogP contribution in [0.15, 0.2) is 4.34 Å². The zero-order valence-corrected chi connectivity index (χ0v) is 14.4. The molecule has 118 valence electrons. The molecule has 1 aliphatic carbocycles. The Bertz CT molecular complexity index is 444. The molecule has 1 fully saturated rings. The molecular weight excluding hydrogens is 304 g/mol. The lowest BCUT2D eigenvalue weighted by Crippen LogP contribution is -2.36. The molecule has 0 atom stereocenters. The van der Waals surface area contributed by atoms with Crippen molar-refractivity contribution in [3.05, 3.63) is 0 Å². The van der Waals surface area contributed by atoms with E-state index >= 15 is 0 Å². The van der Waals surface area contributed by atoms with E-state index in [0.717, 1.165) is 28.1 Å². The zero-order valence-electron chi connectivity index (χ0n) is 12.7. The smallest absolute Gasteiger partial charge is 0.221 e. The Morgan fingerprint density at radius 3 is 2.81 bits per heavy atom. The van der Waals surface area contributed by atoms with Gasteiger partial charge in [-0.05, 0) is 26.7 Å². The maximum absolute atomic E-state index is 11.9. The van der Waals surface area contributed by atoms with Crippen molar-refractivity contribution in [2.75, 3.05) is 11.1 Å². The average Bonchev–Trinajstić information content (AvgIpc) is 2.86. The van der Waals surface area contributed by atoms with Gasteiger partial charge in [0.25, 0.3) is 0 Å². The fourth-order valence-electron chi connectivity index (χ4n) is 2.35. The highest BCUT2D eigenvalue weighted by atomic mass is 32.2. The highest BCUT2D eigenvalue weighted by Crippen LogP contribution is 2.26. The highest BCUT2D eigenvalue weighted by Gasteiger charge is 2.15. The van der Waals surface area contributed by atoms with Crippen LogP contribution < -0.4 is 10.6 Å². The largest absolute Gasteiger partial charge is 0.358 e. The van der Waals surface area contributed by atoms with E-state index in [1.807, 2.05) is 0 Å². The molecule has 0 aliphatic heterocycles. The van der Waals surface area contributed by atoms with Gasteiger partial charge in [0.2, 0.25) is 11.0 Å². The number of carbonyl (C=O) groups excluding carboxylic acids is 1. The van der Waals surface area contributed by atoms with Crippen LogP contribution in [0.2, 0.25) is 0 Å². The summed E-state index contributed by atoms with van der Waals surface area (Å²) in [6, 6.07) is 0.761. The molecule has 0 aromatic carbocycles. The standard InChI is InChI=1S/C14H24N4OS2/c1-10(2)15-13-17-18-14(21-13)20-9-8-12(19)16-11-6-4-3-5-7-11/h10-11H,3-9H2,1-2H3,(H,15,17)(H,16,19). The van der Waals surface area contributed by atoms with Gasteiger partial charge in [-0.2, -0.15) is 0 Å². The molecule has 1 aliphatic rings. The van der Waals surface area contributed by atoms with E-state index in [0.29, 0.717) is 18.5 Å². The zero-order chi connectivity index (χ0) is 15.1. The van der Waals surface area contributed by atoms with Crippen molar-refractivity contribution in [1.82, 2.24) is 15.5 Å². The number of anilines is 1. The first-order valence-corrected chi connectivity index (χ1v) is 9.46. The fourth-order valence-corrected chi connectivity index (χ4v) is 4.26. The number of nitrogens with one attached hydrogen (secondary N) is 2. The van der Waals surface area contributed by atoms with Crippen molar-refractivity contribution in [2.24, 2.45) is 0 Å². The molecule has 0 saturated heterocycles. The first kappa shape index (κ1) is 16.5. The number of hydrogen-bond donors (Lipinski definition) is 2. The first-order valence-electron chi connectivity index (χ1n) is 7.65. The van der Waals surface area contributed by atoms with E-state index in [4.69, 9.17) is 0 Å². The maximum Gasteiger partial charge on any atom is 0.221 e. The van der Waals surface area contributed by atoms with Gasteiger partial charge in [0, 0.05) is 24.3 Å². The second kappa shape index (κ2) is 8.58. The van der Waals surface area contributed by atoms with Gasteiger partial charge in [-0.25, -0.2) is 0 Å². The van der Waals surface area contributed by atoms with Gasteiger partial charge in [0.15, 0.2) is 4.34 Å². The lowest BCUT2D eigenvalue weighted by Gasteiger charge is -2.22. The van der Waals surface area contributed by atoms with Crippen molar-refractivity contribution >= 4 is 34.1 Å². The minimum atomic E-state index is 0.166. The second-order valence-corrected chi connectivity index (χ2v) is 7.99. The summed E-state index contributed by atoms with van der Waals surface area (Å²) in [7, 11) is 0. The molecule has 2 N–H and O–H groups in total. The second-order valence-electron chi connectivity index (χ2n) is 5.67.